The highest BCUT2D eigenvalue weighted by atomic mass is 16.5. The van der Waals surface area contributed by atoms with Crippen molar-refractivity contribution in [3.63, 3.8) is 0 Å². The molecule has 0 amide bonds. The summed E-state index contributed by atoms with van der Waals surface area (Å²) in [6, 6.07) is 0. The van der Waals surface area contributed by atoms with Gasteiger partial charge in [-0.15, -0.1) is 0 Å². The van der Waals surface area contributed by atoms with Crippen LogP contribution >= 0.6 is 0 Å². The Bertz CT molecular complexity index is 504. The number of hydrogen-bond donors (Lipinski definition) is 2. The van der Waals surface area contributed by atoms with Crippen LogP contribution in [0.25, 0.3) is 0 Å². The van der Waals surface area contributed by atoms with Crippen LogP contribution in [-0.2, 0) is 9.47 Å². The highest BCUT2D eigenvalue weighted by Gasteiger charge is 2.26. The predicted octanol–water partition coefficient (Wildman–Crippen LogP) is 13.0. The zero-order chi connectivity index (χ0) is 33.5. The van der Waals surface area contributed by atoms with Crippen molar-refractivity contribution in [3.05, 3.63) is 0 Å². The Morgan fingerprint density at radius 2 is 0.609 bits per heavy atom. The fourth-order valence-electron chi connectivity index (χ4n) is 6.82. The van der Waals surface area contributed by atoms with Gasteiger partial charge in [-0.2, -0.15) is 0 Å². The van der Waals surface area contributed by atoms with E-state index in [2.05, 4.69) is 13.8 Å². The second-order valence-corrected chi connectivity index (χ2v) is 14.7. The van der Waals surface area contributed by atoms with Crippen LogP contribution in [0.4, 0.5) is 0 Å². The lowest BCUT2D eigenvalue weighted by Gasteiger charge is -2.28. The predicted molar refractivity (Wildman–Crippen MR) is 202 cm³/mol. The van der Waals surface area contributed by atoms with Crippen LogP contribution in [0.15, 0.2) is 0 Å². The molecule has 0 aliphatic carbocycles. The Balaban J connectivity index is 3.86. The third-order valence-corrected chi connectivity index (χ3v) is 9.97. The van der Waals surface area contributed by atoms with Crippen molar-refractivity contribution in [3.8, 4) is 0 Å². The van der Waals surface area contributed by atoms with E-state index in [1.807, 2.05) is 0 Å². The van der Waals surface area contributed by atoms with E-state index in [9.17, 15) is 5.11 Å². The molecule has 0 saturated heterocycles. The molecule has 0 radical (unpaired) electrons. The second kappa shape index (κ2) is 39.3. The number of aliphatic hydroxyl groups is 2. The van der Waals surface area contributed by atoms with E-state index < -0.39 is 5.60 Å². The first kappa shape index (κ1) is 45.8. The molecular weight excluding hydrogens is 568 g/mol. The minimum absolute atomic E-state index is 0.0441. The summed E-state index contributed by atoms with van der Waals surface area (Å²) in [6.45, 7) is 6.36. The number of hydrogen-bond acceptors (Lipinski definition) is 4. The van der Waals surface area contributed by atoms with Crippen molar-refractivity contribution >= 4 is 0 Å². The molecular formula is C42H86O4. The lowest BCUT2D eigenvalue weighted by molar-refractivity contribution is -0.0707. The molecule has 0 heterocycles. The first-order valence-corrected chi connectivity index (χ1v) is 21.2. The number of ether oxygens (including phenoxy) is 2. The molecule has 0 spiro atoms. The van der Waals surface area contributed by atoms with Gasteiger partial charge in [0.1, 0.15) is 0 Å². The van der Waals surface area contributed by atoms with Gasteiger partial charge in [0.25, 0.3) is 0 Å². The largest absolute Gasteiger partial charge is 0.394 e. The quantitative estimate of drug-likeness (QED) is 0.0644. The number of unbranched alkanes of at least 4 members (excludes halogenated alkanes) is 30. The molecule has 0 aromatic heterocycles. The average Bonchev–Trinajstić information content (AvgIpc) is 3.06. The van der Waals surface area contributed by atoms with Crippen molar-refractivity contribution < 1.29 is 19.7 Å². The number of rotatable bonds is 41. The Labute approximate surface area is 290 Å². The topological polar surface area (TPSA) is 58.9 Å². The molecule has 0 rings (SSSR count). The van der Waals surface area contributed by atoms with E-state index in [-0.39, 0.29) is 6.61 Å². The van der Waals surface area contributed by atoms with Crippen LogP contribution in [0.5, 0.6) is 0 Å². The van der Waals surface area contributed by atoms with Gasteiger partial charge >= 0.3 is 0 Å². The van der Waals surface area contributed by atoms with Crippen LogP contribution in [-0.4, -0.2) is 48.8 Å². The van der Waals surface area contributed by atoms with E-state index in [0.717, 1.165) is 25.7 Å². The smallest absolute Gasteiger partial charge is 0.0880 e. The van der Waals surface area contributed by atoms with Crippen molar-refractivity contribution in [2.45, 2.75) is 238 Å². The highest BCUT2D eigenvalue weighted by Crippen LogP contribution is 2.25. The minimum Gasteiger partial charge on any atom is -0.394 e. The summed E-state index contributed by atoms with van der Waals surface area (Å²) in [5.41, 5.74) is -0.705. The minimum atomic E-state index is -0.705. The van der Waals surface area contributed by atoms with Gasteiger partial charge in [0.05, 0.1) is 38.6 Å². The third kappa shape index (κ3) is 36.7. The van der Waals surface area contributed by atoms with E-state index in [1.54, 1.807) is 0 Å². The first-order chi connectivity index (χ1) is 22.7. The van der Waals surface area contributed by atoms with E-state index in [4.69, 9.17) is 14.6 Å². The van der Waals surface area contributed by atoms with Crippen LogP contribution in [0, 0.1) is 0 Å². The number of aliphatic hydroxyl groups excluding tert-OH is 1. The Kier molecular flexibility index (Phi) is 39.1. The molecule has 0 atom stereocenters. The standard InChI is InChI=1S/C42H86O4/c1-3-5-7-9-11-13-15-17-19-21-23-25-27-29-31-33-35-42(44,41-46-40-39-45-38-37-43)36-34-32-30-28-26-24-22-20-18-16-14-12-10-8-6-4-2/h43-44H,3-41H2,1-2H3. The van der Waals surface area contributed by atoms with Gasteiger partial charge in [-0.25, -0.2) is 0 Å². The molecule has 0 fully saturated rings. The second-order valence-electron chi connectivity index (χ2n) is 14.7. The van der Waals surface area contributed by atoms with Crippen molar-refractivity contribution in [1.82, 2.24) is 0 Å². The van der Waals surface area contributed by atoms with Crippen molar-refractivity contribution in [1.29, 1.82) is 0 Å². The zero-order valence-corrected chi connectivity index (χ0v) is 31.8. The lowest BCUT2D eigenvalue weighted by Crippen LogP contribution is -2.35. The van der Waals surface area contributed by atoms with Crippen LogP contribution in [0.1, 0.15) is 232 Å². The molecule has 46 heavy (non-hydrogen) atoms. The summed E-state index contributed by atoms with van der Waals surface area (Å²) in [5.74, 6) is 0. The maximum atomic E-state index is 11.4. The van der Waals surface area contributed by atoms with Crippen LogP contribution in [0.2, 0.25) is 0 Å². The van der Waals surface area contributed by atoms with Gasteiger partial charge in [0.2, 0.25) is 0 Å². The molecule has 0 bridgehead atoms. The molecule has 0 aromatic carbocycles. The Morgan fingerprint density at radius 1 is 0.348 bits per heavy atom. The summed E-state index contributed by atoms with van der Waals surface area (Å²) in [6.07, 6.45) is 45.6. The van der Waals surface area contributed by atoms with E-state index >= 15 is 0 Å². The SMILES string of the molecule is CCCCCCCCCCCCCCCCCCC(O)(CCCCCCCCCCCCCCCCCC)COCCOCCO. The van der Waals surface area contributed by atoms with Gasteiger partial charge < -0.3 is 19.7 Å². The molecule has 0 aliphatic heterocycles. The fourth-order valence-corrected chi connectivity index (χ4v) is 6.82. The Morgan fingerprint density at radius 3 is 0.891 bits per heavy atom. The maximum Gasteiger partial charge on any atom is 0.0880 e. The van der Waals surface area contributed by atoms with Gasteiger partial charge in [0.15, 0.2) is 0 Å². The van der Waals surface area contributed by atoms with E-state index in [1.165, 1.54) is 193 Å². The maximum absolute atomic E-state index is 11.4. The molecule has 2 N–H and O–H groups in total. The Hall–Kier alpha value is -0.160. The summed E-state index contributed by atoms with van der Waals surface area (Å²) in [5, 5.41) is 20.3. The fraction of sp³-hybridized carbons (Fsp3) is 1.00. The average molecular weight is 655 g/mol. The zero-order valence-electron chi connectivity index (χ0n) is 31.8. The van der Waals surface area contributed by atoms with Crippen LogP contribution < -0.4 is 0 Å². The summed E-state index contributed by atoms with van der Waals surface area (Å²) in [4.78, 5) is 0. The molecule has 0 aromatic rings. The molecule has 0 saturated carbocycles. The molecule has 0 unspecified atom stereocenters. The summed E-state index contributed by atoms with van der Waals surface area (Å²) >= 11 is 0. The molecule has 0 aliphatic rings. The first-order valence-electron chi connectivity index (χ1n) is 21.2. The van der Waals surface area contributed by atoms with Gasteiger partial charge in [-0.1, -0.05) is 219 Å². The lowest BCUT2D eigenvalue weighted by atomic mass is 9.90. The normalized spacial score (nSPS) is 12.0. The summed E-state index contributed by atoms with van der Waals surface area (Å²) < 4.78 is 11.2. The monoisotopic (exact) mass is 655 g/mol. The highest BCUT2D eigenvalue weighted by molar-refractivity contribution is 4.78. The van der Waals surface area contributed by atoms with Gasteiger partial charge in [-0.3, -0.25) is 0 Å². The van der Waals surface area contributed by atoms with Crippen molar-refractivity contribution in [2.24, 2.45) is 0 Å². The van der Waals surface area contributed by atoms with Gasteiger partial charge in [0, 0.05) is 0 Å². The van der Waals surface area contributed by atoms with Gasteiger partial charge in [-0.05, 0) is 12.8 Å². The third-order valence-electron chi connectivity index (χ3n) is 9.97. The molecule has 4 nitrogen and oxygen atoms in total. The van der Waals surface area contributed by atoms with Crippen molar-refractivity contribution in [2.75, 3.05) is 33.0 Å². The molecule has 278 valence electrons. The van der Waals surface area contributed by atoms with Crippen LogP contribution in [0.3, 0.4) is 0 Å². The molecule has 4 heteroatoms. The summed E-state index contributed by atoms with van der Waals surface area (Å²) in [7, 11) is 0. The van der Waals surface area contributed by atoms with E-state index in [0.29, 0.717) is 26.4 Å².